The quantitative estimate of drug-likeness (QED) is 0.925. The van der Waals surface area contributed by atoms with E-state index in [1.54, 1.807) is 11.8 Å². The average Bonchev–Trinajstić information content (AvgIpc) is 2.32. The van der Waals surface area contributed by atoms with E-state index in [1.807, 2.05) is 26.0 Å². The zero-order chi connectivity index (χ0) is 13.1. The van der Waals surface area contributed by atoms with Gasteiger partial charge in [-0.2, -0.15) is 0 Å². The lowest BCUT2D eigenvalue weighted by atomic mass is 10.2. The molecule has 0 bridgehead atoms. The second kappa shape index (κ2) is 5.87. The summed E-state index contributed by atoms with van der Waals surface area (Å²) in [6.45, 7) is 4.55. The fourth-order valence-electron chi connectivity index (χ4n) is 1.79. The predicted molar refractivity (Wildman–Crippen MR) is 79.9 cm³/mol. The third-order valence-corrected chi connectivity index (χ3v) is 4.28. The summed E-state index contributed by atoms with van der Waals surface area (Å²) in [5, 5.41) is 0. The fourth-order valence-corrected chi connectivity index (χ4v) is 3.16. The van der Waals surface area contributed by atoms with Crippen LogP contribution in [0.3, 0.4) is 0 Å². The van der Waals surface area contributed by atoms with E-state index in [-0.39, 0.29) is 0 Å². The maximum absolute atomic E-state index is 5.82. The van der Waals surface area contributed by atoms with Gasteiger partial charge in [0.2, 0.25) is 0 Å². The van der Waals surface area contributed by atoms with E-state index >= 15 is 0 Å². The van der Waals surface area contributed by atoms with Crippen molar-refractivity contribution < 1.29 is 0 Å². The molecule has 0 unspecified atom stereocenters. The van der Waals surface area contributed by atoms with Gasteiger partial charge in [0.15, 0.2) is 0 Å². The molecule has 94 valence electrons. The Balaban J connectivity index is 2.36. The smallest absolute Gasteiger partial charge is 0.0432 e. The molecule has 0 radical (unpaired) electrons. The molecular weight excluding hydrogens is 308 g/mol. The molecule has 2 nitrogen and oxygen atoms in total. The van der Waals surface area contributed by atoms with E-state index in [2.05, 4.69) is 39.1 Å². The van der Waals surface area contributed by atoms with Gasteiger partial charge in [-0.1, -0.05) is 27.7 Å². The Morgan fingerprint density at radius 2 is 1.89 bits per heavy atom. The molecule has 0 saturated carbocycles. The summed E-state index contributed by atoms with van der Waals surface area (Å²) in [5.74, 6) is 0. The minimum absolute atomic E-state index is 0.526. The number of benzene rings is 1. The highest BCUT2D eigenvalue weighted by atomic mass is 79.9. The molecule has 1 heterocycles. The fraction of sp³-hybridized carbons (Fsp3) is 0.214. The van der Waals surface area contributed by atoms with Crippen molar-refractivity contribution in [1.82, 2.24) is 4.98 Å². The molecule has 0 spiro atoms. The Labute approximate surface area is 120 Å². The van der Waals surface area contributed by atoms with Gasteiger partial charge >= 0.3 is 0 Å². The summed E-state index contributed by atoms with van der Waals surface area (Å²) in [5.41, 5.74) is 9.01. The van der Waals surface area contributed by atoms with Crippen LogP contribution < -0.4 is 5.73 Å². The van der Waals surface area contributed by atoms with Crippen molar-refractivity contribution in [2.24, 2.45) is 5.73 Å². The molecule has 2 N–H and O–H groups in total. The molecule has 2 aromatic rings. The number of rotatable bonds is 3. The van der Waals surface area contributed by atoms with Gasteiger partial charge in [-0.3, -0.25) is 4.98 Å². The molecule has 2 rings (SSSR count). The van der Waals surface area contributed by atoms with Crippen molar-refractivity contribution in [2.45, 2.75) is 30.2 Å². The topological polar surface area (TPSA) is 38.9 Å². The molecular formula is C14H15BrN2S. The van der Waals surface area contributed by atoms with Crippen LogP contribution in [0.15, 0.2) is 44.6 Å². The third-order valence-electron chi connectivity index (χ3n) is 2.66. The molecule has 18 heavy (non-hydrogen) atoms. The normalized spacial score (nSPS) is 10.7. The van der Waals surface area contributed by atoms with Crippen LogP contribution in [0.1, 0.15) is 17.0 Å². The van der Waals surface area contributed by atoms with Gasteiger partial charge in [0.25, 0.3) is 0 Å². The van der Waals surface area contributed by atoms with Crippen LogP contribution in [0.4, 0.5) is 0 Å². The first-order chi connectivity index (χ1) is 8.60. The standard InChI is InChI=1S/C14H15BrN2S/c1-9-7-14(13(8-16)10(2)17-9)18-12-5-3-11(15)4-6-12/h3-7H,8,16H2,1-2H3. The van der Waals surface area contributed by atoms with Crippen LogP contribution >= 0.6 is 27.7 Å². The first-order valence-electron chi connectivity index (χ1n) is 5.70. The summed E-state index contributed by atoms with van der Waals surface area (Å²) < 4.78 is 1.09. The van der Waals surface area contributed by atoms with Crippen LogP contribution in [-0.4, -0.2) is 4.98 Å². The van der Waals surface area contributed by atoms with Gasteiger partial charge in [-0.25, -0.2) is 0 Å². The number of aryl methyl sites for hydroxylation is 2. The van der Waals surface area contributed by atoms with Gasteiger partial charge in [0.05, 0.1) is 0 Å². The van der Waals surface area contributed by atoms with Gasteiger partial charge in [-0.05, 0) is 44.2 Å². The molecule has 0 atom stereocenters. The van der Waals surface area contributed by atoms with Crippen molar-refractivity contribution >= 4 is 27.7 Å². The number of hydrogen-bond donors (Lipinski definition) is 1. The van der Waals surface area contributed by atoms with E-state index in [1.165, 1.54) is 9.79 Å². The maximum Gasteiger partial charge on any atom is 0.0432 e. The molecule has 0 saturated heterocycles. The van der Waals surface area contributed by atoms with Crippen LogP contribution in [0.2, 0.25) is 0 Å². The number of nitrogens with two attached hydrogens (primary N) is 1. The number of halogens is 1. The highest BCUT2D eigenvalue weighted by molar-refractivity contribution is 9.10. The van der Waals surface area contributed by atoms with E-state index in [4.69, 9.17) is 5.73 Å². The highest BCUT2D eigenvalue weighted by Crippen LogP contribution is 2.32. The third kappa shape index (κ3) is 3.13. The van der Waals surface area contributed by atoms with Crippen LogP contribution in [0.5, 0.6) is 0 Å². The Morgan fingerprint density at radius 1 is 1.22 bits per heavy atom. The average molecular weight is 323 g/mol. The summed E-state index contributed by atoms with van der Waals surface area (Å²) in [6.07, 6.45) is 0. The van der Waals surface area contributed by atoms with E-state index in [9.17, 15) is 0 Å². The first kappa shape index (κ1) is 13.6. The second-order valence-electron chi connectivity index (χ2n) is 4.09. The van der Waals surface area contributed by atoms with Gasteiger partial charge in [0, 0.05) is 37.8 Å². The van der Waals surface area contributed by atoms with Crippen molar-refractivity contribution in [3.63, 3.8) is 0 Å². The lowest BCUT2D eigenvalue weighted by Crippen LogP contribution is -2.04. The lowest BCUT2D eigenvalue weighted by Gasteiger charge is -2.11. The Morgan fingerprint density at radius 3 is 2.50 bits per heavy atom. The van der Waals surface area contributed by atoms with E-state index < -0.39 is 0 Å². The van der Waals surface area contributed by atoms with E-state index in [0.717, 1.165) is 21.4 Å². The number of pyridine rings is 1. The minimum Gasteiger partial charge on any atom is -0.326 e. The molecule has 0 aliphatic heterocycles. The molecule has 0 fully saturated rings. The molecule has 0 amide bonds. The monoisotopic (exact) mass is 322 g/mol. The van der Waals surface area contributed by atoms with Crippen LogP contribution in [0.25, 0.3) is 0 Å². The van der Waals surface area contributed by atoms with Gasteiger partial charge in [0.1, 0.15) is 0 Å². The van der Waals surface area contributed by atoms with Gasteiger partial charge in [-0.15, -0.1) is 0 Å². The lowest BCUT2D eigenvalue weighted by molar-refractivity contribution is 0.945. The minimum atomic E-state index is 0.526. The number of aromatic nitrogens is 1. The Bertz CT molecular complexity index is 552. The molecule has 1 aromatic carbocycles. The van der Waals surface area contributed by atoms with Crippen molar-refractivity contribution in [1.29, 1.82) is 0 Å². The SMILES string of the molecule is Cc1cc(Sc2ccc(Br)cc2)c(CN)c(C)n1. The molecule has 0 aliphatic rings. The van der Waals surface area contributed by atoms with Crippen molar-refractivity contribution in [3.05, 3.63) is 51.8 Å². The van der Waals surface area contributed by atoms with Gasteiger partial charge < -0.3 is 5.73 Å². The van der Waals surface area contributed by atoms with Crippen molar-refractivity contribution in [3.8, 4) is 0 Å². The second-order valence-corrected chi connectivity index (χ2v) is 6.12. The zero-order valence-electron chi connectivity index (χ0n) is 10.4. The number of hydrogen-bond acceptors (Lipinski definition) is 3. The summed E-state index contributed by atoms with van der Waals surface area (Å²) in [7, 11) is 0. The van der Waals surface area contributed by atoms with Crippen LogP contribution in [0, 0.1) is 13.8 Å². The number of nitrogens with zero attached hydrogens (tertiary/aromatic N) is 1. The summed E-state index contributed by atoms with van der Waals surface area (Å²) >= 11 is 5.18. The molecule has 4 heteroatoms. The van der Waals surface area contributed by atoms with Crippen LogP contribution in [-0.2, 0) is 6.54 Å². The first-order valence-corrected chi connectivity index (χ1v) is 7.31. The maximum atomic E-state index is 5.82. The summed E-state index contributed by atoms with van der Waals surface area (Å²) in [6, 6.07) is 10.4. The molecule has 0 aliphatic carbocycles. The predicted octanol–water partition coefficient (Wildman–Crippen LogP) is 4.07. The Kier molecular flexibility index (Phi) is 4.43. The zero-order valence-corrected chi connectivity index (χ0v) is 12.8. The largest absolute Gasteiger partial charge is 0.326 e. The Hall–Kier alpha value is -0.840. The molecule has 1 aromatic heterocycles. The highest BCUT2D eigenvalue weighted by Gasteiger charge is 2.08. The van der Waals surface area contributed by atoms with E-state index in [0.29, 0.717) is 6.54 Å². The summed E-state index contributed by atoms with van der Waals surface area (Å²) in [4.78, 5) is 6.87. The van der Waals surface area contributed by atoms with Crippen molar-refractivity contribution in [2.75, 3.05) is 0 Å².